The van der Waals surface area contributed by atoms with E-state index in [0.717, 1.165) is 44.1 Å². The summed E-state index contributed by atoms with van der Waals surface area (Å²) >= 11 is 0. The number of nitrogens with zero attached hydrogens (tertiary/aromatic N) is 3. The molecular formula is C21H26N4O. The molecule has 0 saturated carbocycles. The zero-order valence-electron chi connectivity index (χ0n) is 15.2. The summed E-state index contributed by atoms with van der Waals surface area (Å²) in [7, 11) is 2.06. The van der Waals surface area contributed by atoms with Crippen LogP contribution in [0.3, 0.4) is 0 Å². The molecule has 1 fully saturated rings. The van der Waals surface area contributed by atoms with Crippen LogP contribution in [0.1, 0.15) is 36.0 Å². The maximum absolute atomic E-state index is 5.48. The predicted octanol–water partition coefficient (Wildman–Crippen LogP) is 3.36. The smallest absolute Gasteiger partial charge is 0.130 e. The molecule has 2 aromatic heterocycles. The maximum atomic E-state index is 5.48. The van der Waals surface area contributed by atoms with E-state index in [1.165, 1.54) is 5.56 Å². The quantitative estimate of drug-likeness (QED) is 0.740. The van der Waals surface area contributed by atoms with Gasteiger partial charge in [0.05, 0.1) is 18.8 Å². The molecule has 1 N–H and O–H groups in total. The molecule has 1 unspecified atom stereocenters. The molecule has 1 aromatic carbocycles. The summed E-state index contributed by atoms with van der Waals surface area (Å²) in [6.07, 6.45) is 7.90. The second kappa shape index (κ2) is 7.89. The number of imidazole rings is 1. The molecule has 5 nitrogen and oxygen atoms in total. The lowest BCUT2D eigenvalue weighted by atomic mass is 10.00. The Hall–Kier alpha value is -2.37. The van der Waals surface area contributed by atoms with E-state index in [-0.39, 0.29) is 6.04 Å². The molecule has 136 valence electrons. The average molecular weight is 350 g/mol. The first kappa shape index (κ1) is 17.1. The second-order valence-corrected chi connectivity index (χ2v) is 7.04. The number of rotatable bonds is 6. The Morgan fingerprint density at radius 2 is 1.96 bits per heavy atom. The third kappa shape index (κ3) is 3.89. The number of likely N-dealkylation sites (tertiary alicyclic amines) is 1. The van der Waals surface area contributed by atoms with E-state index in [1.54, 1.807) is 6.26 Å². The highest BCUT2D eigenvalue weighted by molar-refractivity contribution is 5.25. The zero-order valence-corrected chi connectivity index (χ0v) is 15.2. The van der Waals surface area contributed by atoms with Crippen LogP contribution in [0.15, 0.2) is 65.5 Å². The Morgan fingerprint density at radius 3 is 2.62 bits per heavy atom. The minimum Gasteiger partial charge on any atom is -0.468 e. The van der Waals surface area contributed by atoms with Crippen molar-refractivity contribution in [2.45, 2.75) is 31.5 Å². The van der Waals surface area contributed by atoms with E-state index in [2.05, 4.69) is 63.2 Å². The van der Waals surface area contributed by atoms with Crippen LogP contribution in [-0.2, 0) is 13.6 Å². The summed E-state index contributed by atoms with van der Waals surface area (Å²) in [4.78, 5) is 7.07. The number of piperidine rings is 1. The number of hydrogen-bond donors (Lipinski definition) is 1. The molecule has 0 bridgehead atoms. The van der Waals surface area contributed by atoms with Crippen molar-refractivity contribution in [1.82, 2.24) is 19.8 Å². The lowest BCUT2D eigenvalue weighted by Crippen LogP contribution is -2.44. The highest BCUT2D eigenvalue weighted by atomic mass is 16.3. The standard InChI is InChI=1S/C21H26N4O/c1-24-14-11-22-21(24)20(17-6-3-2-4-7-17)23-18-9-12-25(13-10-18)16-19-8-5-15-26-19/h2-8,11,14-15,18,20,23H,9-10,12-13,16H2,1H3. The fourth-order valence-electron chi connectivity index (χ4n) is 3.74. The largest absolute Gasteiger partial charge is 0.468 e. The number of nitrogens with one attached hydrogen (secondary N) is 1. The van der Waals surface area contributed by atoms with Crippen LogP contribution in [0.2, 0.25) is 0 Å². The van der Waals surface area contributed by atoms with Crippen LogP contribution in [0, 0.1) is 0 Å². The van der Waals surface area contributed by atoms with Gasteiger partial charge in [-0.15, -0.1) is 0 Å². The molecule has 1 saturated heterocycles. The molecule has 0 aliphatic carbocycles. The van der Waals surface area contributed by atoms with Crippen molar-refractivity contribution in [1.29, 1.82) is 0 Å². The summed E-state index contributed by atoms with van der Waals surface area (Å²) in [6.45, 7) is 3.07. The lowest BCUT2D eigenvalue weighted by Gasteiger charge is -2.34. The van der Waals surface area contributed by atoms with Gasteiger partial charge < -0.3 is 14.3 Å². The van der Waals surface area contributed by atoms with E-state index in [0.29, 0.717) is 6.04 Å². The molecule has 26 heavy (non-hydrogen) atoms. The summed E-state index contributed by atoms with van der Waals surface area (Å²) < 4.78 is 7.59. The average Bonchev–Trinajstić information content (AvgIpc) is 3.34. The van der Waals surface area contributed by atoms with Gasteiger partial charge >= 0.3 is 0 Å². The van der Waals surface area contributed by atoms with E-state index >= 15 is 0 Å². The van der Waals surface area contributed by atoms with Gasteiger partial charge in [0.2, 0.25) is 0 Å². The fraction of sp³-hybridized carbons (Fsp3) is 0.381. The van der Waals surface area contributed by atoms with E-state index in [9.17, 15) is 0 Å². The number of aryl methyl sites for hydroxylation is 1. The van der Waals surface area contributed by atoms with Crippen molar-refractivity contribution in [3.8, 4) is 0 Å². The van der Waals surface area contributed by atoms with Gasteiger partial charge in [-0.2, -0.15) is 0 Å². The third-order valence-corrected chi connectivity index (χ3v) is 5.20. The molecule has 3 heterocycles. The van der Waals surface area contributed by atoms with Gasteiger partial charge in [0, 0.05) is 38.6 Å². The molecule has 3 aromatic rings. The first-order chi connectivity index (χ1) is 12.8. The fourth-order valence-corrected chi connectivity index (χ4v) is 3.74. The molecule has 1 aliphatic heterocycles. The number of aromatic nitrogens is 2. The summed E-state index contributed by atoms with van der Waals surface area (Å²) in [5.41, 5.74) is 1.26. The highest BCUT2D eigenvalue weighted by Gasteiger charge is 2.25. The number of benzene rings is 1. The van der Waals surface area contributed by atoms with E-state index < -0.39 is 0 Å². The first-order valence-corrected chi connectivity index (χ1v) is 9.32. The van der Waals surface area contributed by atoms with Crippen molar-refractivity contribution in [3.63, 3.8) is 0 Å². The highest BCUT2D eigenvalue weighted by Crippen LogP contribution is 2.23. The Kier molecular flexibility index (Phi) is 5.18. The van der Waals surface area contributed by atoms with Crippen molar-refractivity contribution >= 4 is 0 Å². The molecule has 1 aliphatic rings. The van der Waals surface area contributed by atoms with E-state index in [1.807, 2.05) is 18.5 Å². The van der Waals surface area contributed by atoms with Crippen LogP contribution in [-0.4, -0.2) is 33.6 Å². The second-order valence-electron chi connectivity index (χ2n) is 7.04. The Morgan fingerprint density at radius 1 is 1.15 bits per heavy atom. The van der Waals surface area contributed by atoms with Gasteiger partial charge in [0.15, 0.2) is 0 Å². The molecular weight excluding hydrogens is 324 g/mol. The molecule has 4 rings (SSSR count). The van der Waals surface area contributed by atoms with Crippen LogP contribution in [0.4, 0.5) is 0 Å². The summed E-state index contributed by atoms with van der Waals surface area (Å²) in [5.74, 6) is 2.11. The Labute approximate surface area is 154 Å². The monoisotopic (exact) mass is 350 g/mol. The minimum absolute atomic E-state index is 0.123. The molecule has 0 amide bonds. The van der Waals surface area contributed by atoms with Crippen LogP contribution in [0.25, 0.3) is 0 Å². The van der Waals surface area contributed by atoms with Crippen molar-refractivity contribution < 1.29 is 4.42 Å². The number of furan rings is 1. The van der Waals surface area contributed by atoms with Crippen LogP contribution < -0.4 is 5.32 Å². The van der Waals surface area contributed by atoms with Crippen LogP contribution >= 0.6 is 0 Å². The topological polar surface area (TPSA) is 46.2 Å². The zero-order chi connectivity index (χ0) is 17.8. The van der Waals surface area contributed by atoms with Gasteiger partial charge in [-0.05, 0) is 30.5 Å². The van der Waals surface area contributed by atoms with E-state index in [4.69, 9.17) is 4.42 Å². The summed E-state index contributed by atoms with van der Waals surface area (Å²) in [6, 6.07) is 15.2. The minimum atomic E-state index is 0.123. The molecule has 0 radical (unpaired) electrons. The third-order valence-electron chi connectivity index (χ3n) is 5.20. The maximum Gasteiger partial charge on any atom is 0.130 e. The normalized spacial score (nSPS) is 17.4. The molecule has 1 atom stereocenters. The first-order valence-electron chi connectivity index (χ1n) is 9.32. The van der Waals surface area contributed by atoms with Gasteiger partial charge in [-0.25, -0.2) is 4.98 Å². The van der Waals surface area contributed by atoms with Gasteiger partial charge in [-0.3, -0.25) is 4.90 Å². The molecule has 0 spiro atoms. The van der Waals surface area contributed by atoms with Gasteiger partial charge in [0.1, 0.15) is 11.6 Å². The van der Waals surface area contributed by atoms with Crippen molar-refractivity contribution in [2.24, 2.45) is 7.05 Å². The van der Waals surface area contributed by atoms with Crippen molar-refractivity contribution in [2.75, 3.05) is 13.1 Å². The molecule has 5 heteroatoms. The predicted molar refractivity (Wildman–Crippen MR) is 102 cm³/mol. The van der Waals surface area contributed by atoms with Gasteiger partial charge in [0.25, 0.3) is 0 Å². The lowest BCUT2D eigenvalue weighted by molar-refractivity contribution is 0.174. The summed E-state index contributed by atoms with van der Waals surface area (Å²) in [5, 5.41) is 3.86. The van der Waals surface area contributed by atoms with Crippen molar-refractivity contribution in [3.05, 3.63) is 78.3 Å². The van der Waals surface area contributed by atoms with Gasteiger partial charge in [-0.1, -0.05) is 30.3 Å². The number of hydrogen-bond acceptors (Lipinski definition) is 4. The van der Waals surface area contributed by atoms with Crippen LogP contribution in [0.5, 0.6) is 0 Å². The Bertz CT molecular complexity index is 789. The SMILES string of the molecule is Cn1ccnc1C(NC1CCN(Cc2ccco2)CC1)c1ccccc1. The Balaban J connectivity index is 1.42.